The molecule has 0 saturated carbocycles. The van der Waals surface area contributed by atoms with Crippen molar-refractivity contribution in [1.82, 2.24) is 5.32 Å². The number of hydrogen-bond donors (Lipinski definition) is 1. The first-order chi connectivity index (χ1) is 7.42. The molecule has 0 bridgehead atoms. The fourth-order valence-corrected chi connectivity index (χ4v) is 1.99. The van der Waals surface area contributed by atoms with Gasteiger partial charge >= 0.3 is 0 Å². The predicted octanol–water partition coefficient (Wildman–Crippen LogP) is 3.59. The molecule has 0 aliphatic heterocycles. The third-order valence-electron chi connectivity index (χ3n) is 2.20. The SMILES string of the molecule is COc1ccc(CNCC(C)(C)C)cc1Br. The summed E-state index contributed by atoms with van der Waals surface area (Å²) in [4.78, 5) is 0. The normalized spacial score (nSPS) is 11.6. The van der Waals surface area contributed by atoms with E-state index in [2.05, 4.69) is 54.2 Å². The van der Waals surface area contributed by atoms with Gasteiger partial charge in [-0.2, -0.15) is 0 Å². The van der Waals surface area contributed by atoms with E-state index >= 15 is 0 Å². The molecule has 90 valence electrons. The van der Waals surface area contributed by atoms with Crippen molar-refractivity contribution in [3.63, 3.8) is 0 Å². The molecule has 16 heavy (non-hydrogen) atoms. The number of rotatable bonds is 4. The molecule has 1 N–H and O–H groups in total. The zero-order valence-corrected chi connectivity index (χ0v) is 12.0. The van der Waals surface area contributed by atoms with Crippen LogP contribution in [0.2, 0.25) is 0 Å². The van der Waals surface area contributed by atoms with Crippen LogP contribution in [0.25, 0.3) is 0 Å². The molecule has 1 aromatic carbocycles. The van der Waals surface area contributed by atoms with Crippen LogP contribution in [0.15, 0.2) is 22.7 Å². The summed E-state index contributed by atoms with van der Waals surface area (Å²) < 4.78 is 6.20. The fourth-order valence-electron chi connectivity index (χ4n) is 1.40. The number of nitrogens with one attached hydrogen (secondary N) is 1. The van der Waals surface area contributed by atoms with Gasteiger partial charge in [-0.05, 0) is 39.0 Å². The number of halogens is 1. The fraction of sp³-hybridized carbons (Fsp3) is 0.538. The Hall–Kier alpha value is -0.540. The minimum Gasteiger partial charge on any atom is -0.496 e. The highest BCUT2D eigenvalue weighted by molar-refractivity contribution is 9.10. The summed E-state index contributed by atoms with van der Waals surface area (Å²) in [7, 11) is 1.68. The van der Waals surface area contributed by atoms with Crippen LogP contribution >= 0.6 is 15.9 Å². The Bertz CT molecular complexity index is 344. The van der Waals surface area contributed by atoms with Gasteiger partial charge in [0.1, 0.15) is 5.75 Å². The minimum atomic E-state index is 0.323. The molecular formula is C13H20BrNO. The van der Waals surface area contributed by atoms with Gasteiger partial charge in [0.05, 0.1) is 11.6 Å². The number of ether oxygens (including phenoxy) is 1. The maximum Gasteiger partial charge on any atom is 0.133 e. The van der Waals surface area contributed by atoms with Crippen molar-refractivity contribution in [2.45, 2.75) is 27.3 Å². The van der Waals surface area contributed by atoms with Crippen molar-refractivity contribution in [2.75, 3.05) is 13.7 Å². The van der Waals surface area contributed by atoms with Crippen LogP contribution < -0.4 is 10.1 Å². The van der Waals surface area contributed by atoms with E-state index in [1.54, 1.807) is 7.11 Å². The molecule has 0 amide bonds. The van der Waals surface area contributed by atoms with Crippen molar-refractivity contribution < 1.29 is 4.74 Å². The number of hydrogen-bond acceptors (Lipinski definition) is 2. The van der Waals surface area contributed by atoms with Gasteiger partial charge in [-0.1, -0.05) is 26.8 Å². The zero-order chi connectivity index (χ0) is 12.2. The molecule has 0 aromatic heterocycles. The van der Waals surface area contributed by atoms with E-state index in [0.717, 1.165) is 23.3 Å². The average molecular weight is 286 g/mol. The predicted molar refractivity (Wildman–Crippen MR) is 71.9 cm³/mol. The first-order valence-electron chi connectivity index (χ1n) is 5.45. The first-order valence-corrected chi connectivity index (χ1v) is 6.25. The topological polar surface area (TPSA) is 21.3 Å². The zero-order valence-electron chi connectivity index (χ0n) is 10.4. The second-order valence-electron chi connectivity index (χ2n) is 5.13. The molecule has 0 saturated heterocycles. The molecule has 0 unspecified atom stereocenters. The second kappa shape index (κ2) is 5.69. The molecule has 0 heterocycles. The largest absolute Gasteiger partial charge is 0.496 e. The molecular weight excluding hydrogens is 266 g/mol. The molecule has 0 radical (unpaired) electrons. The molecule has 0 atom stereocenters. The van der Waals surface area contributed by atoms with Gasteiger partial charge in [0.15, 0.2) is 0 Å². The number of benzene rings is 1. The maximum atomic E-state index is 5.19. The summed E-state index contributed by atoms with van der Waals surface area (Å²) in [5, 5.41) is 3.44. The summed E-state index contributed by atoms with van der Waals surface area (Å²) >= 11 is 3.49. The van der Waals surface area contributed by atoms with Crippen molar-refractivity contribution in [1.29, 1.82) is 0 Å². The highest BCUT2D eigenvalue weighted by Gasteiger charge is 2.09. The molecule has 2 nitrogen and oxygen atoms in total. The van der Waals surface area contributed by atoms with Crippen LogP contribution in [0.3, 0.4) is 0 Å². The lowest BCUT2D eigenvalue weighted by Crippen LogP contribution is -2.26. The molecule has 1 aromatic rings. The van der Waals surface area contributed by atoms with E-state index < -0.39 is 0 Å². The third-order valence-corrected chi connectivity index (χ3v) is 2.82. The van der Waals surface area contributed by atoms with Gasteiger partial charge in [0.2, 0.25) is 0 Å². The lowest BCUT2D eigenvalue weighted by Gasteiger charge is -2.18. The standard InChI is InChI=1S/C13H20BrNO/c1-13(2,3)9-15-8-10-5-6-12(16-4)11(14)7-10/h5-7,15H,8-9H2,1-4H3. The number of methoxy groups -OCH3 is 1. The van der Waals surface area contributed by atoms with Gasteiger partial charge in [-0.3, -0.25) is 0 Å². The van der Waals surface area contributed by atoms with Gasteiger partial charge in [-0.15, -0.1) is 0 Å². The smallest absolute Gasteiger partial charge is 0.133 e. The van der Waals surface area contributed by atoms with Crippen molar-refractivity contribution >= 4 is 15.9 Å². The highest BCUT2D eigenvalue weighted by Crippen LogP contribution is 2.25. The van der Waals surface area contributed by atoms with Gasteiger partial charge in [0.25, 0.3) is 0 Å². The van der Waals surface area contributed by atoms with Crippen molar-refractivity contribution in [2.24, 2.45) is 5.41 Å². The Morgan fingerprint density at radius 2 is 2.00 bits per heavy atom. The molecule has 1 rings (SSSR count). The first kappa shape index (κ1) is 13.5. The summed E-state index contributed by atoms with van der Waals surface area (Å²) in [5.74, 6) is 0.875. The van der Waals surface area contributed by atoms with E-state index in [-0.39, 0.29) is 0 Å². The van der Waals surface area contributed by atoms with Gasteiger partial charge in [-0.25, -0.2) is 0 Å². The van der Waals surface area contributed by atoms with Crippen LogP contribution in [-0.2, 0) is 6.54 Å². The van der Waals surface area contributed by atoms with Crippen molar-refractivity contribution in [3.05, 3.63) is 28.2 Å². The Balaban J connectivity index is 2.52. The summed E-state index contributed by atoms with van der Waals surface area (Å²) in [6.07, 6.45) is 0. The third kappa shape index (κ3) is 4.54. The average Bonchev–Trinajstić information content (AvgIpc) is 2.16. The van der Waals surface area contributed by atoms with Gasteiger partial charge < -0.3 is 10.1 Å². The van der Waals surface area contributed by atoms with Gasteiger partial charge in [0, 0.05) is 13.1 Å². The van der Waals surface area contributed by atoms with E-state index in [1.165, 1.54) is 5.56 Å². The quantitative estimate of drug-likeness (QED) is 0.913. The maximum absolute atomic E-state index is 5.19. The van der Waals surface area contributed by atoms with Crippen LogP contribution in [-0.4, -0.2) is 13.7 Å². The Morgan fingerprint density at radius 1 is 1.31 bits per heavy atom. The summed E-state index contributed by atoms with van der Waals surface area (Å²) in [6, 6.07) is 6.16. The minimum absolute atomic E-state index is 0.323. The molecule has 0 fully saturated rings. The van der Waals surface area contributed by atoms with Crippen LogP contribution in [0, 0.1) is 5.41 Å². The molecule has 3 heteroatoms. The van der Waals surface area contributed by atoms with Crippen molar-refractivity contribution in [3.8, 4) is 5.75 Å². The van der Waals surface area contributed by atoms with Crippen LogP contribution in [0.1, 0.15) is 26.3 Å². The molecule has 0 aliphatic rings. The van der Waals surface area contributed by atoms with E-state index in [9.17, 15) is 0 Å². The highest BCUT2D eigenvalue weighted by atomic mass is 79.9. The Labute approximate surface area is 107 Å². The summed E-state index contributed by atoms with van der Waals surface area (Å²) in [6.45, 7) is 8.58. The molecule has 0 aliphatic carbocycles. The summed E-state index contributed by atoms with van der Waals surface area (Å²) in [5.41, 5.74) is 1.58. The van der Waals surface area contributed by atoms with E-state index in [1.807, 2.05) is 6.07 Å². The monoisotopic (exact) mass is 285 g/mol. The molecule has 0 spiro atoms. The lowest BCUT2D eigenvalue weighted by molar-refractivity contribution is 0.379. The van der Waals surface area contributed by atoms with Crippen LogP contribution in [0.4, 0.5) is 0 Å². The van der Waals surface area contributed by atoms with Crippen LogP contribution in [0.5, 0.6) is 5.75 Å². The van der Waals surface area contributed by atoms with E-state index in [0.29, 0.717) is 5.41 Å². The lowest BCUT2D eigenvalue weighted by atomic mass is 9.97. The Morgan fingerprint density at radius 3 is 2.50 bits per heavy atom. The second-order valence-corrected chi connectivity index (χ2v) is 5.99. The Kier molecular flexibility index (Phi) is 4.81. The van der Waals surface area contributed by atoms with E-state index in [4.69, 9.17) is 4.74 Å².